The first-order chi connectivity index (χ1) is 8.54. The first-order valence-electron chi connectivity index (χ1n) is 8.54. The van der Waals surface area contributed by atoms with Crippen molar-refractivity contribution in [3.63, 3.8) is 0 Å². The molecule has 0 aliphatic rings. The zero-order valence-corrected chi connectivity index (χ0v) is 17.3. The number of hydrogen-bond acceptors (Lipinski definition) is 0. The van der Waals surface area contributed by atoms with E-state index in [1.165, 1.54) is 6.42 Å². The van der Waals surface area contributed by atoms with Gasteiger partial charge in [-0.25, -0.2) is 0 Å². The van der Waals surface area contributed by atoms with Crippen LogP contribution in [0.15, 0.2) is 0 Å². The summed E-state index contributed by atoms with van der Waals surface area (Å²) in [6.45, 7) is 32.3. The molecule has 0 heteroatoms. The van der Waals surface area contributed by atoms with Gasteiger partial charge in [0.05, 0.1) is 0 Å². The molecule has 0 aliphatic carbocycles. The normalized spacial score (nSPS) is 9.47. The fourth-order valence-electron chi connectivity index (χ4n) is 0.530. The van der Waals surface area contributed by atoms with E-state index < -0.39 is 0 Å². The molecule has 0 aromatic carbocycles. The van der Waals surface area contributed by atoms with Gasteiger partial charge in [-0.1, -0.05) is 110 Å². The standard InChI is InChI=1S/C9H20.C4H10.3C2H6/c1-7-9(5,6)8(2,3)4;1-4(2)3;3*1-2/h7H2,1-6H3;4H,1-3H3;3*1-2H3. The van der Waals surface area contributed by atoms with Crippen molar-refractivity contribution in [3.05, 3.63) is 0 Å². The molecule has 124 valence electrons. The minimum atomic E-state index is 0.446. The molecule has 0 aromatic heterocycles. The van der Waals surface area contributed by atoms with Gasteiger partial charge in [0.1, 0.15) is 0 Å². The van der Waals surface area contributed by atoms with Crippen LogP contribution < -0.4 is 0 Å². The van der Waals surface area contributed by atoms with Gasteiger partial charge in [-0.15, -0.1) is 0 Å². The van der Waals surface area contributed by atoms with E-state index in [-0.39, 0.29) is 0 Å². The second-order valence-electron chi connectivity index (χ2n) is 6.22. The quantitative estimate of drug-likeness (QED) is 0.452. The summed E-state index contributed by atoms with van der Waals surface area (Å²) in [6, 6.07) is 0. The Bertz CT molecular complexity index is 110. The van der Waals surface area contributed by atoms with Gasteiger partial charge in [-0.2, -0.15) is 0 Å². The highest BCUT2D eigenvalue weighted by atomic mass is 14.3. The van der Waals surface area contributed by atoms with Crippen LogP contribution in [0.3, 0.4) is 0 Å². The zero-order chi connectivity index (χ0) is 17.3. The fraction of sp³-hybridized carbons (Fsp3) is 1.00. The van der Waals surface area contributed by atoms with Crippen LogP contribution in [0.2, 0.25) is 0 Å². The van der Waals surface area contributed by atoms with E-state index in [0.717, 1.165) is 5.92 Å². The lowest BCUT2D eigenvalue weighted by atomic mass is 9.68. The van der Waals surface area contributed by atoms with Crippen molar-refractivity contribution in [1.82, 2.24) is 0 Å². The first kappa shape index (κ1) is 31.4. The maximum Gasteiger partial charge on any atom is -0.0308 e. The van der Waals surface area contributed by atoms with Crippen molar-refractivity contribution in [3.8, 4) is 0 Å². The van der Waals surface area contributed by atoms with E-state index in [9.17, 15) is 0 Å². The minimum absolute atomic E-state index is 0.446. The van der Waals surface area contributed by atoms with Crippen molar-refractivity contribution in [2.75, 3.05) is 0 Å². The molecule has 0 rings (SSSR count). The van der Waals surface area contributed by atoms with E-state index in [4.69, 9.17) is 0 Å². The second kappa shape index (κ2) is 20.3. The summed E-state index contributed by atoms with van der Waals surface area (Å²) >= 11 is 0. The highest BCUT2D eigenvalue weighted by Gasteiger charge is 2.30. The lowest BCUT2D eigenvalue weighted by Gasteiger charge is -2.37. The molecule has 0 atom stereocenters. The topological polar surface area (TPSA) is 0 Å². The van der Waals surface area contributed by atoms with Gasteiger partial charge in [0.15, 0.2) is 0 Å². The van der Waals surface area contributed by atoms with Crippen LogP contribution in [0, 0.1) is 16.7 Å². The van der Waals surface area contributed by atoms with Crippen molar-refractivity contribution < 1.29 is 0 Å². The third-order valence-electron chi connectivity index (χ3n) is 2.91. The molecular formula is C19H48. The molecule has 0 fully saturated rings. The molecule has 0 N–H and O–H groups in total. The van der Waals surface area contributed by atoms with E-state index in [2.05, 4.69) is 62.3 Å². The summed E-state index contributed by atoms with van der Waals surface area (Å²) in [6.07, 6.45) is 1.26. The van der Waals surface area contributed by atoms with E-state index in [1.54, 1.807) is 0 Å². The Morgan fingerprint density at radius 3 is 0.789 bits per heavy atom. The molecule has 0 nitrogen and oxygen atoms in total. The molecule has 0 aromatic rings. The molecule has 0 saturated heterocycles. The predicted octanol–water partition coefficient (Wildman–Crippen LogP) is 8.21. The van der Waals surface area contributed by atoms with Crippen molar-refractivity contribution in [2.24, 2.45) is 16.7 Å². The van der Waals surface area contributed by atoms with Gasteiger partial charge in [-0.3, -0.25) is 0 Å². The van der Waals surface area contributed by atoms with Gasteiger partial charge >= 0.3 is 0 Å². The summed E-state index contributed by atoms with van der Waals surface area (Å²) in [7, 11) is 0. The number of rotatable bonds is 1. The Labute approximate surface area is 127 Å². The Balaban J connectivity index is -0.0000000549. The van der Waals surface area contributed by atoms with Gasteiger partial charge < -0.3 is 0 Å². The Morgan fingerprint density at radius 2 is 0.789 bits per heavy atom. The van der Waals surface area contributed by atoms with Crippen molar-refractivity contribution in [2.45, 2.75) is 110 Å². The van der Waals surface area contributed by atoms with Crippen LogP contribution in [0.5, 0.6) is 0 Å². The lowest BCUT2D eigenvalue weighted by Crippen LogP contribution is -2.28. The lowest BCUT2D eigenvalue weighted by molar-refractivity contribution is 0.126. The Hall–Kier alpha value is 0. The number of hydrogen-bond donors (Lipinski definition) is 0. The van der Waals surface area contributed by atoms with Gasteiger partial charge in [-0.05, 0) is 16.7 Å². The van der Waals surface area contributed by atoms with Gasteiger partial charge in [0.25, 0.3) is 0 Å². The smallest absolute Gasteiger partial charge is 0.0308 e. The predicted molar refractivity (Wildman–Crippen MR) is 98.1 cm³/mol. The van der Waals surface area contributed by atoms with Crippen LogP contribution in [-0.4, -0.2) is 0 Å². The summed E-state index contributed by atoms with van der Waals surface area (Å²) in [5.41, 5.74) is 0.925. The summed E-state index contributed by atoms with van der Waals surface area (Å²) in [5, 5.41) is 0. The van der Waals surface area contributed by atoms with Gasteiger partial charge in [0.2, 0.25) is 0 Å². The maximum absolute atomic E-state index is 2.33. The van der Waals surface area contributed by atoms with Crippen LogP contribution >= 0.6 is 0 Å². The Kier molecular flexibility index (Phi) is 33.6. The van der Waals surface area contributed by atoms with Crippen molar-refractivity contribution in [1.29, 1.82) is 0 Å². The fourth-order valence-corrected chi connectivity index (χ4v) is 0.530. The molecule has 0 unspecified atom stereocenters. The average Bonchev–Trinajstić information content (AvgIpc) is 2.34. The third-order valence-corrected chi connectivity index (χ3v) is 2.91. The maximum atomic E-state index is 2.33. The molecule has 0 amide bonds. The molecule has 0 spiro atoms. The van der Waals surface area contributed by atoms with Gasteiger partial charge in [0, 0.05) is 0 Å². The second-order valence-corrected chi connectivity index (χ2v) is 6.22. The molecule has 0 aliphatic heterocycles. The third kappa shape index (κ3) is 32.0. The van der Waals surface area contributed by atoms with Crippen LogP contribution in [0.25, 0.3) is 0 Å². The highest BCUT2D eigenvalue weighted by Crippen LogP contribution is 2.40. The molecular weight excluding hydrogens is 228 g/mol. The summed E-state index contributed by atoms with van der Waals surface area (Å²) in [4.78, 5) is 0. The molecule has 0 radical (unpaired) electrons. The first-order valence-corrected chi connectivity index (χ1v) is 8.54. The SMILES string of the molecule is CC.CC.CC.CC(C)C.CCC(C)(C)C(C)(C)C. The summed E-state index contributed by atoms with van der Waals surface area (Å²) < 4.78 is 0. The zero-order valence-electron chi connectivity index (χ0n) is 17.3. The molecule has 0 heterocycles. The van der Waals surface area contributed by atoms with E-state index >= 15 is 0 Å². The van der Waals surface area contributed by atoms with Crippen LogP contribution in [0.4, 0.5) is 0 Å². The summed E-state index contributed by atoms with van der Waals surface area (Å²) in [5.74, 6) is 0.833. The molecule has 0 bridgehead atoms. The molecule has 0 saturated carbocycles. The Morgan fingerprint density at radius 1 is 0.632 bits per heavy atom. The highest BCUT2D eigenvalue weighted by molar-refractivity contribution is 4.80. The van der Waals surface area contributed by atoms with E-state index in [0.29, 0.717) is 10.8 Å². The monoisotopic (exact) mass is 276 g/mol. The van der Waals surface area contributed by atoms with Crippen LogP contribution in [-0.2, 0) is 0 Å². The van der Waals surface area contributed by atoms with Crippen molar-refractivity contribution >= 4 is 0 Å². The average molecular weight is 277 g/mol. The van der Waals surface area contributed by atoms with E-state index in [1.807, 2.05) is 41.5 Å². The minimum Gasteiger partial charge on any atom is -0.0683 e. The van der Waals surface area contributed by atoms with Crippen LogP contribution in [0.1, 0.15) is 110 Å². The largest absolute Gasteiger partial charge is 0.0683 e. The molecule has 19 heavy (non-hydrogen) atoms.